The molecule has 0 unspecified atom stereocenters. The van der Waals surface area contributed by atoms with E-state index in [1.165, 1.54) is 4.90 Å². The minimum Gasteiger partial charge on any atom is -0.491 e. The number of carbonyl (C=O) groups is 2. The normalized spacial score (nSPS) is 11.6. The highest BCUT2D eigenvalue weighted by molar-refractivity contribution is 6.37. The zero-order valence-corrected chi connectivity index (χ0v) is 22.8. The summed E-state index contributed by atoms with van der Waals surface area (Å²) in [6.45, 7) is 0.0672. The maximum Gasteiger partial charge on any atom is 0.445 e. The van der Waals surface area contributed by atoms with Crippen LogP contribution in [0.2, 0.25) is 0 Å². The zero-order valence-electron chi connectivity index (χ0n) is 22.8. The first-order valence-corrected chi connectivity index (χ1v) is 13.4. The van der Waals surface area contributed by atoms with Crippen molar-refractivity contribution in [3.8, 4) is 5.75 Å². The molecule has 6 rings (SSSR count). The molecule has 0 spiro atoms. The van der Waals surface area contributed by atoms with Gasteiger partial charge in [0.15, 0.2) is 12.0 Å². The fourth-order valence-electron chi connectivity index (χ4n) is 5.28. The first kappa shape index (κ1) is 26.7. The van der Waals surface area contributed by atoms with Crippen molar-refractivity contribution in [2.24, 2.45) is 12.2 Å². The molecule has 8 heteroatoms. The first-order chi connectivity index (χ1) is 20.6. The van der Waals surface area contributed by atoms with Crippen LogP contribution in [0, 0.1) is 0 Å². The number of aldehydes is 1. The summed E-state index contributed by atoms with van der Waals surface area (Å²) in [7, 11) is 1.99. The van der Waals surface area contributed by atoms with E-state index in [1.54, 1.807) is 30.3 Å². The van der Waals surface area contributed by atoms with Gasteiger partial charge in [-0.15, -0.1) is 0 Å². The molecule has 0 radical (unpaired) electrons. The van der Waals surface area contributed by atoms with Crippen molar-refractivity contribution in [3.63, 3.8) is 0 Å². The molecule has 6 aromatic rings. The lowest BCUT2D eigenvalue weighted by atomic mass is 10.0. The molecule has 1 aromatic heterocycles. The van der Waals surface area contributed by atoms with Gasteiger partial charge < -0.3 is 14.4 Å². The van der Waals surface area contributed by atoms with Crippen LogP contribution < -0.4 is 9.64 Å². The SMILES string of the molecule is Cn1c2ccc(/C(C=O)=N/OC(=O)N(c3ccccc3)c3ccccc3)cc2c2cc(OCCO)c3ccccc3c21. The third kappa shape index (κ3) is 4.84. The van der Waals surface area contributed by atoms with E-state index in [9.17, 15) is 14.7 Å². The Labute approximate surface area is 241 Å². The average Bonchev–Trinajstić information content (AvgIpc) is 3.32. The number of rotatable bonds is 8. The number of hydrogen-bond donors (Lipinski definition) is 1. The molecule has 0 fully saturated rings. The Kier molecular flexibility index (Phi) is 7.36. The van der Waals surface area contributed by atoms with Gasteiger partial charge in [-0.05, 0) is 42.5 Å². The van der Waals surface area contributed by atoms with Crippen molar-refractivity contribution < 1.29 is 24.3 Å². The molecule has 0 aliphatic carbocycles. The van der Waals surface area contributed by atoms with Gasteiger partial charge in [-0.1, -0.05) is 71.9 Å². The maximum atomic E-state index is 13.3. The number of hydrogen-bond acceptors (Lipinski definition) is 6. The van der Waals surface area contributed by atoms with Crippen molar-refractivity contribution in [3.05, 3.63) is 115 Å². The lowest BCUT2D eigenvalue weighted by Gasteiger charge is -2.20. The van der Waals surface area contributed by atoms with E-state index in [1.807, 2.05) is 85.9 Å². The molecule has 0 atom stereocenters. The summed E-state index contributed by atoms with van der Waals surface area (Å²) in [6, 6.07) is 33.6. The summed E-state index contributed by atoms with van der Waals surface area (Å²) in [6.07, 6.45) is -0.185. The van der Waals surface area contributed by atoms with Crippen LogP contribution in [0.1, 0.15) is 5.56 Å². The Bertz CT molecular complexity index is 1910. The molecular weight excluding hydrogens is 530 g/mol. The van der Waals surface area contributed by atoms with Crippen LogP contribution in [0.4, 0.5) is 16.2 Å². The third-order valence-electron chi connectivity index (χ3n) is 7.15. The van der Waals surface area contributed by atoms with E-state index < -0.39 is 6.09 Å². The molecule has 0 aliphatic heterocycles. The van der Waals surface area contributed by atoms with E-state index in [0.717, 1.165) is 32.6 Å². The van der Waals surface area contributed by atoms with E-state index in [-0.39, 0.29) is 18.9 Å². The zero-order chi connectivity index (χ0) is 29.1. The molecule has 5 aromatic carbocycles. The van der Waals surface area contributed by atoms with Crippen molar-refractivity contribution in [2.45, 2.75) is 0 Å². The molecule has 8 nitrogen and oxygen atoms in total. The van der Waals surface area contributed by atoms with E-state index >= 15 is 0 Å². The number of aromatic nitrogens is 1. The molecule has 1 amide bonds. The van der Waals surface area contributed by atoms with Crippen LogP contribution in [-0.2, 0) is 16.7 Å². The third-order valence-corrected chi connectivity index (χ3v) is 7.15. The van der Waals surface area contributed by atoms with Crippen molar-refractivity contribution >= 4 is 62.0 Å². The second-order valence-electron chi connectivity index (χ2n) is 9.64. The number of oxime groups is 1. The van der Waals surface area contributed by atoms with Crippen LogP contribution in [0.15, 0.2) is 114 Å². The predicted octanol–water partition coefficient (Wildman–Crippen LogP) is 6.73. The monoisotopic (exact) mass is 557 g/mol. The van der Waals surface area contributed by atoms with Gasteiger partial charge in [0.05, 0.1) is 23.5 Å². The fraction of sp³-hybridized carbons (Fsp3) is 0.0882. The number of aliphatic hydroxyl groups excluding tert-OH is 1. The number of anilines is 2. The number of amides is 1. The molecule has 0 aliphatic rings. The Morgan fingerprint density at radius 2 is 1.48 bits per heavy atom. The van der Waals surface area contributed by atoms with Crippen LogP contribution in [0.3, 0.4) is 0 Å². The van der Waals surface area contributed by atoms with Gasteiger partial charge >= 0.3 is 6.09 Å². The summed E-state index contributed by atoms with van der Waals surface area (Å²) in [5.74, 6) is 0.658. The van der Waals surface area contributed by atoms with Crippen molar-refractivity contribution in [2.75, 3.05) is 18.1 Å². The smallest absolute Gasteiger partial charge is 0.445 e. The lowest BCUT2D eigenvalue weighted by molar-refractivity contribution is -0.102. The number of benzene rings is 5. The first-order valence-electron chi connectivity index (χ1n) is 13.4. The molecule has 0 bridgehead atoms. The number of carbonyl (C=O) groups excluding carboxylic acids is 2. The standard InChI is InChI=1S/C34H27N3O5/c1-36-31-17-16-23(20-28(31)29-21-32(41-19-18-38)26-14-8-9-15-27(26)33(29)36)30(22-39)35-42-34(40)37(24-10-4-2-5-11-24)25-12-6-3-7-13-25/h2-17,20-22,38H,18-19H2,1H3/b35-30+. The summed E-state index contributed by atoms with van der Waals surface area (Å²) >= 11 is 0. The highest BCUT2D eigenvalue weighted by Crippen LogP contribution is 2.39. The largest absolute Gasteiger partial charge is 0.491 e. The predicted molar refractivity (Wildman–Crippen MR) is 165 cm³/mol. The van der Waals surface area contributed by atoms with Gasteiger partial charge in [-0.25, -0.2) is 9.69 Å². The van der Waals surface area contributed by atoms with Crippen LogP contribution in [0.5, 0.6) is 5.75 Å². The summed E-state index contributed by atoms with van der Waals surface area (Å²) in [5.41, 5.74) is 3.61. The molecule has 0 saturated heterocycles. The van der Waals surface area contributed by atoms with Crippen LogP contribution >= 0.6 is 0 Å². The van der Waals surface area contributed by atoms with E-state index in [2.05, 4.69) is 9.72 Å². The summed E-state index contributed by atoms with van der Waals surface area (Å²) in [4.78, 5) is 32.2. The van der Waals surface area contributed by atoms with Gasteiger partial charge in [-0.3, -0.25) is 9.63 Å². The van der Waals surface area contributed by atoms with Crippen molar-refractivity contribution in [1.29, 1.82) is 0 Å². The fourth-order valence-corrected chi connectivity index (χ4v) is 5.28. The number of nitrogens with zero attached hydrogens (tertiary/aromatic N) is 3. The molecule has 42 heavy (non-hydrogen) atoms. The highest BCUT2D eigenvalue weighted by atomic mass is 16.7. The topological polar surface area (TPSA) is 93.4 Å². The van der Waals surface area contributed by atoms with Gasteiger partial charge in [0, 0.05) is 39.7 Å². The average molecular weight is 558 g/mol. The number of aliphatic hydroxyl groups is 1. The summed E-state index contributed by atoms with van der Waals surface area (Å²) < 4.78 is 7.99. The Hall–Kier alpha value is -5.47. The summed E-state index contributed by atoms with van der Waals surface area (Å²) in [5, 5.41) is 17.1. The Morgan fingerprint density at radius 1 is 0.833 bits per heavy atom. The number of ether oxygens (including phenoxy) is 1. The minimum atomic E-state index is -0.755. The molecule has 1 N–H and O–H groups in total. The quantitative estimate of drug-likeness (QED) is 0.0969. The molecule has 1 heterocycles. The van der Waals surface area contributed by atoms with E-state index in [4.69, 9.17) is 9.57 Å². The highest BCUT2D eigenvalue weighted by Gasteiger charge is 2.21. The van der Waals surface area contributed by atoms with Gasteiger partial charge in [0.25, 0.3) is 0 Å². The second-order valence-corrected chi connectivity index (χ2v) is 9.64. The Morgan fingerprint density at radius 3 is 2.12 bits per heavy atom. The second kappa shape index (κ2) is 11.6. The maximum absolute atomic E-state index is 13.3. The van der Waals surface area contributed by atoms with Gasteiger partial charge in [0.2, 0.25) is 0 Å². The van der Waals surface area contributed by atoms with Crippen LogP contribution in [-0.4, -0.2) is 41.0 Å². The number of aryl methyl sites for hydroxylation is 1. The molecule has 0 saturated carbocycles. The molecular formula is C34H27N3O5. The minimum absolute atomic E-state index is 0.0270. The van der Waals surface area contributed by atoms with E-state index in [0.29, 0.717) is 29.0 Å². The number of para-hydroxylation sites is 2. The lowest BCUT2D eigenvalue weighted by Crippen LogP contribution is -2.25. The van der Waals surface area contributed by atoms with Crippen LogP contribution in [0.25, 0.3) is 32.6 Å². The number of fused-ring (bicyclic) bond motifs is 5. The van der Waals surface area contributed by atoms with Gasteiger partial charge in [-0.2, -0.15) is 0 Å². The Balaban J connectivity index is 1.41. The van der Waals surface area contributed by atoms with Crippen molar-refractivity contribution in [1.82, 2.24) is 4.57 Å². The molecule has 208 valence electrons. The van der Waals surface area contributed by atoms with Gasteiger partial charge in [0.1, 0.15) is 12.4 Å².